The van der Waals surface area contributed by atoms with Gasteiger partial charge in [0, 0.05) is 32.0 Å². The second-order valence-corrected chi connectivity index (χ2v) is 5.82. The summed E-state index contributed by atoms with van der Waals surface area (Å²) >= 11 is 0. The number of rotatable bonds is 5. The fourth-order valence-corrected chi connectivity index (χ4v) is 3.21. The van der Waals surface area contributed by atoms with Crippen LogP contribution in [0.1, 0.15) is 37.8 Å². The van der Waals surface area contributed by atoms with Crippen molar-refractivity contribution in [3.8, 4) is 0 Å². The van der Waals surface area contributed by atoms with Crippen LogP contribution in [0.5, 0.6) is 0 Å². The first kappa shape index (κ1) is 15.7. The van der Waals surface area contributed by atoms with E-state index in [1.165, 1.54) is 4.90 Å². The van der Waals surface area contributed by atoms with Gasteiger partial charge in [0.05, 0.1) is 17.7 Å². The fourth-order valence-electron chi connectivity index (χ4n) is 3.21. The molecule has 2 atom stereocenters. The van der Waals surface area contributed by atoms with Gasteiger partial charge in [-0.05, 0) is 24.5 Å². The molecule has 6 heteroatoms. The lowest BCUT2D eigenvalue weighted by atomic mass is 9.96. The van der Waals surface area contributed by atoms with Gasteiger partial charge in [0.25, 0.3) is 5.91 Å². The van der Waals surface area contributed by atoms with Crippen molar-refractivity contribution in [2.75, 3.05) is 13.2 Å². The van der Waals surface area contributed by atoms with Gasteiger partial charge < -0.3 is 14.7 Å². The Morgan fingerprint density at radius 3 is 2.96 bits per heavy atom. The zero-order valence-corrected chi connectivity index (χ0v) is 13.1. The molecule has 0 aliphatic carbocycles. The van der Waals surface area contributed by atoms with Gasteiger partial charge in [0.2, 0.25) is 0 Å². The normalized spacial score (nSPS) is 24.6. The lowest BCUT2D eigenvalue weighted by Gasteiger charge is -2.28. The summed E-state index contributed by atoms with van der Waals surface area (Å²) in [5, 5.41) is 10.2. The van der Waals surface area contributed by atoms with E-state index in [4.69, 9.17) is 4.74 Å². The van der Waals surface area contributed by atoms with Gasteiger partial charge in [-0.15, -0.1) is 0 Å². The smallest absolute Gasteiger partial charge is 0.290 e. The quantitative estimate of drug-likeness (QED) is 0.898. The second kappa shape index (κ2) is 6.50. The van der Waals surface area contributed by atoms with Crippen molar-refractivity contribution in [3.05, 3.63) is 41.4 Å². The van der Waals surface area contributed by atoms with Crippen LogP contribution in [0, 0.1) is 0 Å². The third kappa shape index (κ3) is 2.86. The Morgan fingerprint density at radius 2 is 2.35 bits per heavy atom. The molecular weight excluding hydrogens is 296 g/mol. The van der Waals surface area contributed by atoms with E-state index >= 15 is 0 Å². The summed E-state index contributed by atoms with van der Waals surface area (Å²) in [6.45, 7) is 2.77. The molecule has 0 spiro atoms. The van der Waals surface area contributed by atoms with Crippen LogP contribution in [0.3, 0.4) is 0 Å². The van der Waals surface area contributed by atoms with E-state index in [0.717, 1.165) is 18.4 Å². The maximum atomic E-state index is 12.5. The molecule has 23 heavy (non-hydrogen) atoms. The molecule has 3 heterocycles. The molecule has 0 radical (unpaired) electrons. The molecule has 2 aliphatic heterocycles. The van der Waals surface area contributed by atoms with E-state index in [1.807, 2.05) is 6.07 Å². The molecule has 1 amide bonds. The number of hydrogen-bond acceptors (Lipinski definition) is 5. The highest BCUT2D eigenvalue weighted by atomic mass is 16.5. The molecule has 2 aliphatic rings. The number of pyridine rings is 1. The Labute approximate surface area is 134 Å². The molecule has 1 aromatic heterocycles. The van der Waals surface area contributed by atoms with Crippen molar-refractivity contribution in [2.24, 2.45) is 0 Å². The number of ether oxygens (including phenoxy) is 1. The van der Waals surface area contributed by atoms with Crippen LogP contribution in [0.2, 0.25) is 0 Å². The van der Waals surface area contributed by atoms with Gasteiger partial charge >= 0.3 is 0 Å². The number of hydrogen-bond donors (Lipinski definition) is 1. The zero-order valence-electron chi connectivity index (χ0n) is 13.1. The summed E-state index contributed by atoms with van der Waals surface area (Å²) in [5.41, 5.74) is 0.892. The number of aliphatic hydroxyl groups is 1. The maximum absolute atomic E-state index is 12.5. The van der Waals surface area contributed by atoms with Gasteiger partial charge in [-0.3, -0.25) is 14.6 Å². The number of amides is 1. The first-order valence-corrected chi connectivity index (χ1v) is 7.92. The molecular formula is C17H20N2O4. The lowest BCUT2D eigenvalue weighted by molar-refractivity contribution is -0.131. The first-order chi connectivity index (χ1) is 11.1. The predicted molar refractivity (Wildman–Crippen MR) is 82.6 cm³/mol. The summed E-state index contributed by atoms with van der Waals surface area (Å²) < 4.78 is 5.61. The van der Waals surface area contributed by atoms with E-state index in [2.05, 4.69) is 4.98 Å². The molecule has 122 valence electrons. The van der Waals surface area contributed by atoms with Crippen molar-refractivity contribution in [1.82, 2.24) is 9.88 Å². The highest BCUT2D eigenvalue weighted by Gasteiger charge is 2.44. The van der Waals surface area contributed by atoms with Crippen LogP contribution >= 0.6 is 0 Å². The molecule has 1 aromatic rings. The zero-order chi connectivity index (χ0) is 16.4. The topological polar surface area (TPSA) is 79.7 Å². The lowest BCUT2D eigenvalue weighted by Crippen LogP contribution is -2.37. The largest absolute Gasteiger partial charge is 0.503 e. The molecule has 1 saturated heterocycles. The number of ketones is 1. The molecule has 1 fully saturated rings. The van der Waals surface area contributed by atoms with Gasteiger partial charge in [0.1, 0.15) is 0 Å². The summed E-state index contributed by atoms with van der Waals surface area (Å²) in [4.78, 5) is 30.4. The second-order valence-electron chi connectivity index (χ2n) is 5.82. The van der Waals surface area contributed by atoms with Gasteiger partial charge in [-0.2, -0.15) is 0 Å². The summed E-state index contributed by atoms with van der Waals surface area (Å²) in [6.07, 6.45) is 5.28. The van der Waals surface area contributed by atoms with Crippen molar-refractivity contribution in [2.45, 2.75) is 38.3 Å². The number of aliphatic hydroxyl groups excluding tert-OH is 1. The Morgan fingerprint density at radius 1 is 1.52 bits per heavy atom. The molecule has 0 aromatic carbocycles. The number of carbonyl (C=O) groups excluding carboxylic acids is 2. The number of carbonyl (C=O) groups is 2. The van der Waals surface area contributed by atoms with Crippen molar-refractivity contribution in [1.29, 1.82) is 0 Å². The first-order valence-electron chi connectivity index (χ1n) is 7.92. The Kier molecular flexibility index (Phi) is 4.43. The standard InChI is InChI=1S/C17H20N2O4/c1-2-13(20)14-15(11-5-3-7-18-9-11)19(17(22)16(14)21)10-12-6-4-8-23-12/h3,5,7,9,12,15,21H,2,4,6,8,10H2,1H3. The molecule has 6 nitrogen and oxygen atoms in total. The van der Waals surface area contributed by atoms with E-state index < -0.39 is 17.7 Å². The fraction of sp³-hybridized carbons (Fsp3) is 0.471. The average molecular weight is 316 g/mol. The molecule has 0 saturated carbocycles. The number of nitrogens with zero attached hydrogens (tertiary/aromatic N) is 2. The minimum Gasteiger partial charge on any atom is -0.503 e. The summed E-state index contributed by atoms with van der Waals surface area (Å²) in [6, 6.07) is 2.98. The van der Waals surface area contributed by atoms with E-state index in [-0.39, 0.29) is 23.9 Å². The Hall–Kier alpha value is -2.21. The maximum Gasteiger partial charge on any atom is 0.290 e. The van der Waals surface area contributed by atoms with Gasteiger partial charge in [0.15, 0.2) is 11.5 Å². The number of Topliss-reactive ketones (excluding diaryl/α,β-unsaturated/α-hetero) is 1. The van der Waals surface area contributed by atoms with Gasteiger partial charge in [-0.1, -0.05) is 13.0 Å². The van der Waals surface area contributed by atoms with Crippen LogP contribution in [0.25, 0.3) is 0 Å². The highest BCUT2D eigenvalue weighted by Crippen LogP contribution is 2.38. The van der Waals surface area contributed by atoms with Crippen molar-refractivity contribution < 1.29 is 19.4 Å². The third-order valence-corrected chi connectivity index (χ3v) is 4.35. The SMILES string of the molecule is CCC(=O)C1=C(O)C(=O)N(CC2CCCO2)C1c1cccnc1. The Balaban J connectivity index is 1.98. The third-order valence-electron chi connectivity index (χ3n) is 4.35. The monoisotopic (exact) mass is 316 g/mol. The Bertz CT molecular complexity index is 635. The van der Waals surface area contributed by atoms with E-state index in [9.17, 15) is 14.7 Å². The van der Waals surface area contributed by atoms with E-state index in [1.54, 1.807) is 25.4 Å². The summed E-state index contributed by atoms with van der Waals surface area (Å²) in [7, 11) is 0. The molecule has 2 unspecified atom stereocenters. The van der Waals surface area contributed by atoms with Crippen LogP contribution in [-0.4, -0.2) is 45.9 Å². The van der Waals surface area contributed by atoms with Crippen LogP contribution < -0.4 is 0 Å². The molecule has 3 rings (SSSR count). The van der Waals surface area contributed by atoms with Crippen molar-refractivity contribution >= 4 is 11.7 Å². The van der Waals surface area contributed by atoms with E-state index in [0.29, 0.717) is 13.2 Å². The van der Waals surface area contributed by atoms with Crippen LogP contribution in [-0.2, 0) is 14.3 Å². The minimum absolute atomic E-state index is 0.0537. The van der Waals surface area contributed by atoms with Crippen LogP contribution in [0.4, 0.5) is 0 Å². The minimum atomic E-state index is -0.590. The van der Waals surface area contributed by atoms with Gasteiger partial charge in [-0.25, -0.2) is 0 Å². The predicted octanol–water partition coefficient (Wildman–Crippen LogP) is 1.94. The number of aromatic nitrogens is 1. The average Bonchev–Trinajstić information content (AvgIpc) is 3.17. The highest BCUT2D eigenvalue weighted by molar-refractivity contribution is 6.08. The molecule has 1 N–H and O–H groups in total. The molecule has 0 bridgehead atoms. The summed E-state index contributed by atoms with van der Waals surface area (Å²) in [5.74, 6) is -1.17. The van der Waals surface area contributed by atoms with Crippen molar-refractivity contribution in [3.63, 3.8) is 0 Å². The van der Waals surface area contributed by atoms with Crippen LogP contribution in [0.15, 0.2) is 35.9 Å².